The summed E-state index contributed by atoms with van der Waals surface area (Å²) in [5.41, 5.74) is 5.44. The third-order valence-electron chi connectivity index (χ3n) is 3.30. The first-order valence-corrected chi connectivity index (χ1v) is 4.07. The molecule has 2 nitrogen and oxygen atoms in total. The van der Waals surface area contributed by atoms with Gasteiger partial charge >= 0.3 is 0 Å². The van der Waals surface area contributed by atoms with E-state index in [1.54, 1.807) is 0 Å². The second kappa shape index (κ2) is 1.74. The maximum atomic E-state index is 9.75. The van der Waals surface area contributed by atoms with Crippen LogP contribution in [0.15, 0.2) is 0 Å². The molecule has 2 rings (SSSR count). The summed E-state index contributed by atoms with van der Waals surface area (Å²) in [5, 5.41) is 9.75. The van der Waals surface area contributed by atoms with Crippen LogP contribution < -0.4 is 5.73 Å². The van der Waals surface area contributed by atoms with E-state index in [0.717, 1.165) is 19.3 Å². The molecule has 0 heterocycles. The minimum atomic E-state index is -0.388. The van der Waals surface area contributed by atoms with E-state index in [-0.39, 0.29) is 5.60 Å². The van der Waals surface area contributed by atoms with E-state index in [4.69, 9.17) is 5.73 Å². The normalized spacial score (nSPS) is 59.7. The van der Waals surface area contributed by atoms with Gasteiger partial charge < -0.3 is 10.8 Å². The highest BCUT2D eigenvalue weighted by Crippen LogP contribution is 2.49. The van der Waals surface area contributed by atoms with Crippen molar-refractivity contribution in [2.45, 2.75) is 37.8 Å². The average molecular weight is 141 g/mol. The van der Waals surface area contributed by atoms with Crippen LogP contribution in [0.1, 0.15) is 26.2 Å². The molecule has 0 saturated heterocycles. The van der Waals surface area contributed by atoms with Gasteiger partial charge in [-0.1, -0.05) is 0 Å². The van der Waals surface area contributed by atoms with Crippen molar-refractivity contribution in [3.8, 4) is 0 Å². The van der Waals surface area contributed by atoms with Crippen LogP contribution in [-0.2, 0) is 0 Å². The molecule has 0 aromatic rings. The molecular weight excluding hydrogens is 126 g/mol. The molecule has 0 aliphatic heterocycles. The third kappa shape index (κ3) is 0.722. The highest BCUT2D eigenvalue weighted by atomic mass is 16.3. The number of aliphatic hydroxyl groups is 1. The first-order valence-electron chi connectivity index (χ1n) is 4.07. The number of fused-ring (bicyclic) bond motifs is 2. The lowest BCUT2D eigenvalue weighted by molar-refractivity contribution is 0.00155. The Morgan fingerprint density at radius 3 is 2.50 bits per heavy atom. The molecule has 2 bridgehead atoms. The lowest BCUT2D eigenvalue weighted by atomic mass is 9.84. The van der Waals surface area contributed by atoms with E-state index in [1.165, 1.54) is 0 Å². The van der Waals surface area contributed by atoms with Gasteiger partial charge in [-0.2, -0.15) is 0 Å². The van der Waals surface area contributed by atoms with Crippen LogP contribution in [-0.4, -0.2) is 16.7 Å². The molecule has 4 atom stereocenters. The van der Waals surface area contributed by atoms with Crippen LogP contribution in [0.5, 0.6) is 0 Å². The van der Waals surface area contributed by atoms with Gasteiger partial charge in [0.2, 0.25) is 0 Å². The van der Waals surface area contributed by atoms with E-state index in [1.807, 2.05) is 6.92 Å². The zero-order valence-corrected chi connectivity index (χ0v) is 6.38. The summed E-state index contributed by atoms with van der Waals surface area (Å²) in [6.45, 7) is 1.95. The molecule has 0 radical (unpaired) electrons. The first kappa shape index (κ1) is 6.62. The Balaban J connectivity index is 2.16. The van der Waals surface area contributed by atoms with E-state index in [9.17, 15) is 5.11 Å². The molecule has 2 saturated carbocycles. The van der Waals surface area contributed by atoms with Crippen LogP contribution >= 0.6 is 0 Å². The molecule has 0 aromatic carbocycles. The standard InChI is InChI=1S/C8H15NO/c1-8(10)4-5-2-6(8)3-7(5)9/h5-7,10H,2-4,9H2,1H3/t5?,6?,7?,8-/m1/s1. The molecule has 10 heavy (non-hydrogen) atoms. The number of nitrogens with two attached hydrogens (primary N) is 1. The third-order valence-corrected chi connectivity index (χ3v) is 3.30. The summed E-state index contributed by atoms with van der Waals surface area (Å²) < 4.78 is 0. The quantitative estimate of drug-likeness (QED) is 0.516. The van der Waals surface area contributed by atoms with Crippen LogP contribution in [0.2, 0.25) is 0 Å². The van der Waals surface area contributed by atoms with Gasteiger partial charge in [0.1, 0.15) is 0 Å². The fourth-order valence-corrected chi connectivity index (χ4v) is 2.60. The Morgan fingerprint density at radius 2 is 2.20 bits per heavy atom. The van der Waals surface area contributed by atoms with Gasteiger partial charge in [-0.25, -0.2) is 0 Å². The van der Waals surface area contributed by atoms with E-state index >= 15 is 0 Å². The maximum absolute atomic E-state index is 9.75. The maximum Gasteiger partial charge on any atom is 0.0651 e. The van der Waals surface area contributed by atoms with Crippen molar-refractivity contribution < 1.29 is 5.11 Å². The molecule has 0 amide bonds. The fraction of sp³-hybridized carbons (Fsp3) is 1.00. The van der Waals surface area contributed by atoms with Crippen molar-refractivity contribution in [1.82, 2.24) is 0 Å². The zero-order chi connectivity index (χ0) is 7.35. The summed E-state index contributed by atoms with van der Waals surface area (Å²) in [7, 11) is 0. The second-order valence-electron chi connectivity index (χ2n) is 4.15. The van der Waals surface area contributed by atoms with Crippen molar-refractivity contribution in [1.29, 1.82) is 0 Å². The lowest BCUT2D eigenvalue weighted by Crippen LogP contribution is -2.39. The monoisotopic (exact) mass is 141 g/mol. The van der Waals surface area contributed by atoms with Crippen LogP contribution in [0.3, 0.4) is 0 Å². The molecule has 2 heteroatoms. The van der Waals surface area contributed by atoms with Gasteiger partial charge in [-0.15, -0.1) is 0 Å². The van der Waals surface area contributed by atoms with E-state index in [2.05, 4.69) is 0 Å². The summed E-state index contributed by atoms with van der Waals surface area (Å²) >= 11 is 0. The van der Waals surface area contributed by atoms with Crippen molar-refractivity contribution in [3.63, 3.8) is 0 Å². The summed E-state index contributed by atoms with van der Waals surface area (Å²) in [6.07, 6.45) is 3.13. The highest BCUT2D eigenvalue weighted by Gasteiger charge is 2.50. The largest absolute Gasteiger partial charge is 0.390 e. The van der Waals surface area contributed by atoms with Crippen molar-refractivity contribution >= 4 is 0 Å². The van der Waals surface area contributed by atoms with Gasteiger partial charge in [0.15, 0.2) is 0 Å². The molecule has 3 unspecified atom stereocenters. The van der Waals surface area contributed by atoms with Crippen molar-refractivity contribution in [2.24, 2.45) is 17.6 Å². The van der Waals surface area contributed by atoms with E-state index < -0.39 is 0 Å². The Kier molecular flexibility index (Phi) is 1.15. The topological polar surface area (TPSA) is 46.2 Å². The Labute approximate surface area is 61.4 Å². The Bertz CT molecular complexity index is 153. The predicted molar refractivity (Wildman–Crippen MR) is 39.4 cm³/mol. The smallest absolute Gasteiger partial charge is 0.0651 e. The van der Waals surface area contributed by atoms with Crippen molar-refractivity contribution in [3.05, 3.63) is 0 Å². The number of hydrogen-bond acceptors (Lipinski definition) is 2. The fourth-order valence-electron chi connectivity index (χ4n) is 2.60. The summed E-state index contributed by atoms with van der Waals surface area (Å²) in [6, 6.07) is 0.380. The van der Waals surface area contributed by atoms with Gasteiger partial charge in [0, 0.05) is 6.04 Å². The number of hydrogen-bond donors (Lipinski definition) is 2. The first-order chi connectivity index (χ1) is 4.59. The SMILES string of the molecule is C[C@@]1(O)CC2CC1CC2N. The Hall–Kier alpha value is -0.0800. The van der Waals surface area contributed by atoms with Gasteiger partial charge in [0.05, 0.1) is 5.60 Å². The number of rotatable bonds is 0. The van der Waals surface area contributed by atoms with Gasteiger partial charge in [-0.05, 0) is 38.0 Å². The second-order valence-corrected chi connectivity index (χ2v) is 4.15. The molecule has 0 aromatic heterocycles. The van der Waals surface area contributed by atoms with Gasteiger partial charge in [0.25, 0.3) is 0 Å². The summed E-state index contributed by atoms with van der Waals surface area (Å²) in [4.78, 5) is 0. The Morgan fingerprint density at radius 1 is 1.50 bits per heavy atom. The summed E-state index contributed by atoms with van der Waals surface area (Å²) in [5.74, 6) is 1.10. The lowest BCUT2D eigenvalue weighted by Gasteiger charge is -2.30. The molecular formula is C8H15NO. The molecule has 58 valence electrons. The highest BCUT2D eigenvalue weighted by molar-refractivity contribution is 5.03. The molecule has 3 N–H and O–H groups in total. The molecule has 0 spiro atoms. The molecule has 2 aliphatic carbocycles. The van der Waals surface area contributed by atoms with Crippen LogP contribution in [0, 0.1) is 11.8 Å². The van der Waals surface area contributed by atoms with Crippen LogP contribution in [0.25, 0.3) is 0 Å². The minimum Gasteiger partial charge on any atom is -0.390 e. The van der Waals surface area contributed by atoms with Crippen LogP contribution in [0.4, 0.5) is 0 Å². The van der Waals surface area contributed by atoms with Gasteiger partial charge in [-0.3, -0.25) is 0 Å². The average Bonchev–Trinajstić information content (AvgIpc) is 2.21. The predicted octanol–water partition coefficient (Wildman–Crippen LogP) is 0.495. The van der Waals surface area contributed by atoms with E-state index in [0.29, 0.717) is 17.9 Å². The molecule has 2 aliphatic rings. The molecule has 2 fully saturated rings. The zero-order valence-electron chi connectivity index (χ0n) is 6.38. The van der Waals surface area contributed by atoms with Crippen molar-refractivity contribution in [2.75, 3.05) is 0 Å². The minimum absolute atomic E-state index is 0.380.